The van der Waals surface area contributed by atoms with Crippen LogP contribution in [-0.2, 0) is 4.57 Å². The second-order valence-electron chi connectivity index (χ2n) is 7.00. The Morgan fingerprint density at radius 1 is 0.548 bits per heavy atom. The molecule has 0 N–H and O–H groups in total. The Morgan fingerprint density at radius 2 is 0.871 bits per heavy atom. The third-order valence-corrected chi connectivity index (χ3v) is 10.5. The van der Waals surface area contributed by atoms with Crippen molar-refractivity contribution in [3.63, 3.8) is 0 Å². The first-order valence-electron chi connectivity index (χ1n) is 9.89. The van der Waals surface area contributed by atoms with E-state index in [2.05, 4.69) is 0 Å². The summed E-state index contributed by atoms with van der Waals surface area (Å²) in [7, 11) is -6.40. The summed E-state index contributed by atoms with van der Waals surface area (Å²) < 4.78 is 30.9. The van der Waals surface area contributed by atoms with Crippen molar-refractivity contribution < 1.29 is 13.6 Å². The van der Waals surface area contributed by atoms with Crippen molar-refractivity contribution in [2.75, 3.05) is 6.66 Å². The largest absolute Gasteiger partial charge is 0.562 e. The van der Waals surface area contributed by atoms with Gasteiger partial charge < -0.3 is 9.05 Å². The van der Waals surface area contributed by atoms with Crippen molar-refractivity contribution in [2.24, 2.45) is 4.52 Å². The first-order chi connectivity index (χ1) is 15.1. The molecule has 0 atom stereocenters. The lowest BCUT2D eigenvalue weighted by molar-refractivity contribution is 0.388. The fraction of sp³-hybridized carbons (Fsp3) is 0.0400. The van der Waals surface area contributed by atoms with E-state index in [0.717, 1.165) is 10.6 Å². The van der Waals surface area contributed by atoms with Crippen LogP contribution >= 0.6 is 14.8 Å². The van der Waals surface area contributed by atoms with Gasteiger partial charge >= 0.3 is 7.75 Å². The molecule has 0 aliphatic rings. The highest BCUT2D eigenvalue weighted by atomic mass is 31.2. The average molecular weight is 447 g/mol. The summed E-state index contributed by atoms with van der Waals surface area (Å²) in [4.78, 5) is 0. The molecule has 4 aromatic carbocycles. The Kier molecular flexibility index (Phi) is 6.42. The van der Waals surface area contributed by atoms with E-state index >= 15 is 0 Å². The van der Waals surface area contributed by atoms with Gasteiger partial charge in [0.25, 0.3) is 0 Å². The minimum absolute atomic E-state index is 0.443. The van der Waals surface area contributed by atoms with Gasteiger partial charge in [0, 0.05) is 7.05 Å². The summed E-state index contributed by atoms with van der Waals surface area (Å²) in [6, 6.07) is 37.9. The molecule has 4 aromatic rings. The Balaban J connectivity index is 1.89. The monoisotopic (exact) mass is 447 g/mol. The number of hydrogen-bond donors (Lipinski definition) is 0. The van der Waals surface area contributed by atoms with Crippen LogP contribution < -0.4 is 19.7 Å². The summed E-state index contributed by atoms with van der Waals surface area (Å²) in [6.45, 7) is 2.03. The Labute approximate surface area is 183 Å². The maximum Gasteiger partial charge on any atom is 0.562 e. The molecule has 0 bridgehead atoms. The lowest BCUT2D eigenvalue weighted by Crippen LogP contribution is -2.16. The zero-order chi connectivity index (χ0) is 21.6. The van der Waals surface area contributed by atoms with E-state index in [1.165, 1.54) is 0 Å². The topological polar surface area (TPSA) is 47.9 Å². The maximum atomic E-state index is 14.1. The van der Waals surface area contributed by atoms with Crippen molar-refractivity contribution in [1.82, 2.24) is 0 Å². The van der Waals surface area contributed by atoms with Crippen LogP contribution in [0.4, 0.5) is 0 Å². The van der Waals surface area contributed by atoms with Crippen LogP contribution in [-0.4, -0.2) is 6.66 Å². The van der Waals surface area contributed by atoms with Crippen LogP contribution in [0.2, 0.25) is 0 Å². The van der Waals surface area contributed by atoms with Gasteiger partial charge in [-0.15, -0.1) is 0 Å². The average Bonchev–Trinajstić information content (AvgIpc) is 2.81. The van der Waals surface area contributed by atoms with Gasteiger partial charge in [-0.25, -0.2) is 4.57 Å². The first-order valence-corrected chi connectivity index (χ1v) is 13.6. The second kappa shape index (κ2) is 9.39. The molecule has 4 nitrogen and oxygen atoms in total. The van der Waals surface area contributed by atoms with E-state index < -0.39 is 14.8 Å². The molecule has 0 radical (unpaired) electrons. The second-order valence-corrected chi connectivity index (χ2v) is 12.0. The van der Waals surface area contributed by atoms with Gasteiger partial charge in [0.1, 0.15) is 11.5 Å². The minimum Gasteiger partial charge on any atom is -0.399 e. The zero-order valence-corrected chi connectivity index (χ0v) is 18.9. The Bertz CT molecular complexity index is 1130. The number of para-hydroxylation sites is 2. The molecule has 0 spiro atoms. The number of hydrogen-bond acceptors (Lipinski definition) is 3. The molecule has 0 amide bonds. The number of nitrogens with zero attached hydrogens (tertiary/aromatic N) is 1. The Hall–Kier alpha value is -3.06. The van der Waals surface area contributed by atoms with Crippen molar-refractivity contribution >= 4 is 25.4 Å². The predicted molar refractivity (Wildman–Crippen MR) is 129 cm³/mol. The van der Waals surface area contributed by atoms with Crippen LogP contribution in [0.5, 0.6) is 11.5 Å². The van der Waals surface area contributed by atoms with E-state index in [1.54, 1.807) is 24.3 Å². The van der Waals surface area contributed by atoms with Gasteiger partial charge in [0.05, 0.1) is 0 Å². The molecule has 0 heterocycles. The standard InChI is InChI=1S/C25H23NO3P2/c1-30(24-18-10-4-11-19-24,25-20-12-5-13-21-25)26-31(27,28-22-14-6-2-7-15-22)29-23-16-8-3-9-17-23/h2-21H,1H3. The van der Waals surface area contributed by atoms with Crippen LogP contribution in [0.25, 0.3) is 0 Å². The molecule has 6 heteroatoms. The van der Waals surface area contributed by atoms with Gasteiger partial charge in [-0.1, -0.05) is 97.1 Å². The smallest absolute Gasteiger partial charge is 0.399 e. The molecule has 0 saturated heterocycles. The molecular formula is C25H23NO3P2. The van der Waals surface area contributed by atoms with Crippen LogP contribution in [0.15, 0.2) is 126 Å². The van der Waals surface area contributed by atoms with Gasteiger partial charge in [-0.2, -0.15) is 4.52 Å². The summed E-state index contributed by atoms with van der Waals surface area (Å²) >= 11 is 0. The molecule has 0 saturated carbocycles. The molecule has 31 heavy (non-hydrogen) atoms. The van der Waals surface area contributed by atoms with E-state index in [4.69, 9.17) is 13.6 Å². The van der Waals surface area contributed by atoms with E-state index in [9.17, 15) is 4.57 Å². The van der Waals surface area contributed by atoms with Gasteiger partial charge in [0.15, 0.2) is 0 Å². The van der Waals surface area contributed by atoms with Crippen molar-refractivity contribution in [3.8, 4) is 11.5 Å². The molecule has 0 aromatic heterocycles. The molecule has 0 aliphatic carbocycles. The highest BCUT2D eigenvalue weighted by Gasteiger charge is 2.33. The fourth-order valence-electron chi connectivity index (χ4n) is 3.19. The minimum atomic E-state index is -3.94. The maximum absolute atomic E-state index is 14.1. The van der Waals surface area contributed by atoms with Gasteiger partial charge in [0.2, 0.25) is 0 Å². The first kappa shape index (κ1) is 21.2. The number of benzene rings is 4. The van der Waals surface area contributed by atoms with Crippen LogP contribution in [0.3, 0.4) is 0 Å². The van der Waals surface area contributed by atoms with Crippen molar-refractivity contribution in [2.45, 2.75) is 0 Å². The van der Waals surface area contributed by atoms with E-state index in [1.807, 2.05) is 104 Å². The van der Waals surface area contributed by atoms with Crippen molar-refractivity contribution in [3.05, 3.63) is 121 Å². The summed E-state index contributed by atoms with van der Waals surface area (Å²) in [5.41, 5.74) is 0. The molecular weight excluding hydrogens is 424 g/mol. The van der Waals surface area contributed by atoms with Gasteiger partial charge in [-0.3, -0.25) is 0 Å². The third-order valence-electron chi connectivity index (χ3n) is 4.73. The third kappa shape index (κ3) is 5.17. The van der Waals surface area contributed by atoms with Crippen LogP contribution in [0.1, 0.15) is 0 Å². The van der Waals surface area contributed by atoms with E-state index in [-0.39, 0.29) is 0 Å². The SMILES string of the molecule is CP(=NP(=O)(Oc1ccccc1)Oc1ccccc1)(c1ccccc1)c1ccccc1. The lowest BCUT2D eigenvalue weighted by atomic mass is 10.3. The predicted octanol–water partition coefficient (Wildman–Crippen LogP) is 6.73. The van der Waals surface area contributed by atoms with Gasteiger partial charge in [-0.05, 0) is 41.5 Å². The molecule has 0 fully saturated rings. The van der Waals surface area contributed by atoms with E-state index in [0.29, 0.717) is 11.5 Å². The summed E-state index contributed by atoms with van der Waals surface area (Å²) in [5.74, 6) is 0.886. The zero-order valence-electron chi connectivity index (χ0n) is 17.1. The Morgan fingerprint density at radius 3 is 1.23 bits per heavy atom. The van der Waals surface area contributed by atoms with Crippen molar-refractivity contribution in [1.29, 1.82) is 0 Å². The quantitative estimate of drug-likeness (QED) is 0.295. The molecule has 156 valence electrons. The lowest BCUT2D eigenvalue weighted by Gasteiger charge is -2.24. The normalized spacial score (nSPS) is 11.5. The van der Waals surface area contributed by atoms with Crippen LogP contribution in [0, 0.1) is 0 Å². The highest BCUT2D eigenvalue weighted by molar-refractivity contribution is 7.84. The highest BCUT2D eigenvalue weighted by Crippen LogP contribution is 2.60. The summed E-state index contributed by atoms with van der Waals surface area (Å²) in [6.07, 6.45) is 0. The fourth-order valence-corrected chi connectivity index (χ4v) is 8.68. The molecule has 4 rings (SSSR count). The number of rotatable bonds is 7. The molecule has 0 aliphatic heterocycles. The summed E-state index contributed by atoms with van der Waals surface area (Å²) in [5, 5.41) is 1.99. The molecule has 0 unspecified atom stereocenters.